The zero-order chi connectivity index (χ0) is 16.9. The Morgan fingerprint density at radius 1 is 1.33 bits per heavy atom. The molecular formula is C17H16ClN3O2S. The minimum absolute atomic E-state index is 0.0522. The van der Waals surface area contributed by atoms with E-state index in [1.54, 1.807) is 12.1 Å². The van der Waals surface area contributed by atoms with Crippen LogP contribution in [-0.2, 0) is 4.74 Å². The van der Waals surface area contributed by atoms with E-state index in [0.717, 1.165) is 24.3 Å². The second-order valence-corrected chi connectivity index (χ2v) is 6.66. The summed E-state index contributed by atoms with van der Waals surface area (Å²) in [5, 5.41) is 22.8. The van der Waals surface area contributed by atoms with Crippen LogP contribution < -0.4 is 0 Å². The summed E-state index contributed by atoms with van der Waals surface area (Å²) in [4.78, 5) is 6.55. The molecule has 7 heteroatoms. The first kappa shape index (κ1) is 16.9. The van der Waals surface area contributed by atoms with Gasteiger partial charge in [0.25, 0.3) is 0 Å². The van der Waals surface area contributed by atoms with Crippen molar-refractivity contribution in [3.8, 4) is 17.3 Å². The molecule has 0 atom stereocenters. The van der Waals surface area contributed by atoms with Gasteiger partial charge in [-0.3, -0.25) is 4.90 Å². The highest BCUT2D eigenvalue weighted by molar-refractivity contribution is 7.11. The topological polar surface area (TPSA) is 69.4 Å². The van der Waals surface area contributed by atoms with E-state index in [9.17, 15) is 10.4 Å². The number of aliphatic hydroxyl groups excluding tert-OH is 1. The third kappa shape index (κ3) is 3.94. The van der Waals surface area contributed by atoms with Crippen molar-refractivity contribution in [2.24, 2.45) is 0 Å². The van der Waals surface area contributed by atoms with E-state index >= 15 is 0 Å². The van der Waals surface area contributed by atoms with E-state index in [4.69, 9.17) is 16.3 Å². The van der Waals surface area contributed by atoms with Crippen LogP contribution in [0.4, 0.5) is 0 Å². The zero-order valence-electron chi connectivity index (χ0n) is 12.9. The monoisotopic (exact) mass is 361 g/mol. The predicted molar refractivity (Wildman–Crippen MR) is 95.0 cm³/mol. The lowest BCUT2D eigenvalue weighted by atomic mass is 10.2. The molecule has 1 saturated heterocycles. The Balaban J connectivity index is 1.81. The van der Waals surface area contributed by atoms with Gasteiger partial charge in [0.05, 0.1) is 25.5 Å². The van der Waals surface area contributed by atoms with Gasteiger partial charge in [-0.25, -0.2) is 4.98 Å². The van der Waals surface area contributed by atoms with Crippen molar-refractivity contribution in [3.63, 3.8) is 0 Å². The molecule has 0 spiro atoms. The van der Waals surface area contributed by atoms with Crippen LogP contribution in [0.1, 0.15) is 5.01 Å². The molecule has 1 aromatic carbocycles. The van der Waals surface area contributed by atoms with E-state index in [1.165, 1.54) is 11.3 Å². The average Bonchev–Trinajstić information content (AvgIpc) is 3.07. The predicted octanol–water partition coefficient (Wildman–Crippen LogP) is 3.59. The van der Waals surface area contributed by atoms with Crippen molar-refractivity contribution < 1.29 is 9.84 Å². The van der Waals surface area contributed by atoms with Gasteiger partial charge in [0.1, 0.15) is 22.4 Å². The first-order valence-corrected chi connectivity index (χ1v) is 8.77. The van der Waals surface area contributed by atoms with Crippen LogP contribution >= 0.6 is 22.9 Å². The Morgan fingerprint density at radius 3 is 2.71 bits per heavy atom. The lowest BCUT2D eigenvalue weighted by molar-refractivity contribution is 0.0381. The summed E-state index contributed by atoms with van der Waals surface area (Å²) in [5.74, 6) is 0.0522. The van der Waals surface area contributed by atoms with Gasteiger partial charge in [-0.1, -0.05) is 23.7 Å². The summed E-state index contributed by atoms with van der Waals surface area (Å²) < 4.78 is 5.29. The maximum absolute atomic E-state index is 10.4. The number of benzene rings is 1. The standard InChI is InChI=1S/C17H16ClN3O2S/c18-13-3-1-12(2-4-13)15-11-24-17(20-15)14(9-19)16(22)10-21-5-7-23-8-6-21/h1-4,11,22H,5-8,10H2. The summed E-state index contributed by atoms with van der Waals surface area (Å²) in [5.41, 5.74) is 1.91. The first-order valence-electron chi connectivity index (χ1n) is 7.51. The number of hydrogen-bond acceptors (Lipinski definition) is 6. The molecule has 1 N–H and O–H groups in total. The van der Waals surface area contributed by atoms with Crippen LogP contribution in [-0.4, -0.2) is 47.8 Å². The molecule has 24 heavy (non-hydrogen) atoms. The molecule has 1 aromatic heterocycles. The zero-order valence-corrected chi connectivity index (χ0v) is 14.5. The molecule has 0 aliphatic carbocycles. The third-order valence-corrected chi connectivity index (χ3v) is 4.85. The van der Waals surface area contributed by atoms with Crippen LogP contribution in [0.15, 0.2) is 35.4 Å². The smallest absolute Gasteiger partial charge is 0.138 e. The van der Waals surface area contributed by atoms with E-state index in [-0.39, 0.29) is 11.3 Å². The fourth-order valence-corrected chi connectivity index (χ4v) is 3.40. The van der Waals surface area contributed by atoms with E-state index in [2.05, 4.69) is 16.0 Å². The number of nitriles is 1. The highest BCUT2D eigenvalue weighted by Gasteiger charge is 2.18. The van der Waals surface area contributed by atoms with Gasteiger partial charge in [-0.2, -0.15) is 5.26 Å². The van der Waals surface area contributed by atoms with Crippen LogP contribution in [0.5, 0.6) is 0 Å². The van der Waals surface area contributed by atoms with E-state index < -0.39 is 0 Å². The summed E-state index contributed by atoms with van der Waals surface area (Å²) >= 11 is 7.24. The minimum atomic E-state index is 0.0522. The van der Waals surface area contributed by atoms with Crippen LogP contribution in [0.25, 0.3) is 16.8 Å². The van der Waals surface area contributed by atoms with E-state index in [1.807, 2.05) is 17.5 Å². The number of aliphatic hydroxyl groups is 1. The fourth-order valence-electron chi connectivity index (χ4n) is 2.43. The number of halogens is 1. The summed E-state index contributed by atoms with van der Waals surface area (Å²) in [6, 6.07) is 9.44. The maximum atomic E-state index is 10.4. The van der Waals surface area contributed by atoms with Crippen LogP contribution in [0.3, 0.4) is 0 Å². The maximum Gasteiger partial charge on any atom is 0.138 e. The number of ether oxygens (including phenoxy) is 1. The molecule has 2 heterocycles. The van der Waals surface area contributed by atoms with Gasteiger partial charge in [0.2, 0.25) is 0 Å². The number of hydrogen-bond donors (Lipinski definition) is 1. The van der Waals surface area contributed by atoms with Gasteiger partial charge in [-0.15, -0.1) is 11.3 Å². The van der Waals surface area contributed by atoms with Gasteiger partial charge in [0.15, 0.2) is 0 Å². The number of allylic oxidation sites excluding steroid dienone is 1. The highest BCUT2D eigenvalue weighted by Crippen LogP contribution is 2.28. The van der Waals surface area contributed by atoms with Gasteiger partial charge < -0.3 is 9.84 Å². The molecule has 0 radical (unpaired) electrons. The van der Waals surface area contributed by atoms with Crippen molar-refractivity contribution >= 4 is 28.5 Å². The van der Waals surface area contributed by atoms with Gasteiger partial charge in [0, 0.05) is 29.1 Å². The van der Waals surface area contributed by atoms with Crippen LogP contribution in [0.2, 0.25) is 5.02 Å². The molecule has 0 unspecified atom stereocenters. The molecule has 124 valence electrons. The average molecular weight is 362 g/mol. The summed E-state index contributed by atoms with van der Waals surface area (Å²) in [7, 11) is 0. The van der Waals surface area contributed by atoms with Gasteiger partial charge >= 0.3 is 0 Å². The SMILES string of the molecule is N#CC(=C(O)CN1CCOCC1)c1nc(-c2ccc(Cl)cc2)cs1. The molecule has 0 bridgehead atoms. The molecule has 1 aliphatic heterocycles. The highest BCUT2D eigenvalue weighted by atomic mass is 35.5. The summed E-state index contributed by atoms with van der Waals surface area (Å²) in [6.45, 7) is 3.12. The molecular weight excluding hydrogens is 346 g/mol. The second-order valence-electron chi connectivity index (χ2n) is 5.37. The Kier molecular flexibility index (Phi) is 5.48. The Morgan fingerprint density at radius 2 is 2.04 bits per heavy atom. The molecule has 0 saturated carbocycles. The normalized spacial score (nSPS) is 16.5. The quantitative estimate of drug-likeness (QED) is 0.665. The fraction of sp³-hybridized carbons (Fsp3) is 0.294. The number of morpholine rings is 1. The first-order chi connectivity index (χ1) is 11.7. The largest absolute Gasteiger partial charge is 0.509 e. The lowest BCUT2D eigenvalue weighted by Crippen LogP contribution is -2.37. The molecule has 2 aromatic rings. The Hall–Kier alpha value is -1.91. The number of aromatic nitrogens is 1. The third-order valence-electron chi connectivity index (χ3n) is 3.74. The van der Waals surface area contributed by atoms with Crippen molar-refractivity contribution in [1.82, 2.24) is 9.88 Å². The van der Waals surface area contributed by atoms with Crippen molar-refractivity contribution in [3.05, 3.63) is 45.4 Å². The Bertz CT molecular complexity index is 774. The number of nitrogens with zero attached hydrogens (tertiary/aromatic N) is 3. The summed E-state index contributed by atoms with van der Waals surface area (Å²) in [6.07, 6.45) is 0. The van der Waals surface area contributed by atoms with Crippen molar-refractivity contribution in [2.75, 3.05) is 32.8 Å². The minimum Gasteiger partial charge on any atom is -0.509 e. The lowest BCUT2D eigenvalue weighted by Gasteiger charge is -2.26. The number of thiazole rings is 1. The molecule has 3 rings (SSSR count). The van der Waals surface area contributed by atoms with E-state index in [0.29, 0.717) is 29.8 Å². The molecule has 1 fully saturated rings. The van der Waals surface area contributed by atoms with Crippen molar-refractivity contribution in [1.29, 1.82) is 5.26 Å². The Labute approximate surface area is 149 Å². The van der Waals surface area contributed by atoms with Crippen molar-refractivity contribution in [2.45, 2.75) is 0 Å². The number of rotatable bonds is 4. The molecule has 5 nitrogen and oxygen atoms in total. The van der Waals surface area contributed by atoms with Crippen LogP contribution in [0, 0.1) is 11.3 Å². The molecule has 0 amide bonds. The van der Waals surface area contributed by atoms with Gasteiger partial charge in [-0.05, 0) is 12.1 Å². The molecule has 1 aliphatic rings. The second kappa shape index (κ2) is 7.77.